The first-order valence-electron chi connectivity index (χ1n) is 7.99. The van der Waals surface area contributed by atoms with Gasteiger partial charge in [0.15, 0.2) is 0 Å². The van der Waals surface area contributed by atoms with Crippen molar-refractivity contribution in [2.75, 3.05) is 26.2 Å². The van der Waals surface area contributed by atoms with E-state index in [4.69, 9.17) is 4.98 Å². The summed E-state index contributed by atoms with van der Waals surface area (Å²) in [5.41, 5.74) is 2.84. The molecule has 1 saturated heterocycles. The molecule has 4 rings (SSSR count). The largest absolute Gasteiger partial charge is 0.507 e. The molecule has 0 spiro atoms. The van der Waals surface area contributed by atoms with Gasteiger partial charge in [0, 0.05) is 26.2 Å². The van der Waals surface area contributed by atoms with E-state index in [1.54, 1.807) is 6.07 Å². The fraction of sp³-hybridized carbons (Fsp3) is 0.278. The quantitative estimate of drug-likeness (QED) is 0.779. The Bertz CT molecular complexity index is 821. The SMILES string of the molecule is Oc1ccccc1-c1nc2ccccc2n1CN1CCNCC1. The molecule has 2 heterocycles. The highest BCUT2D eigenvalue weighted by Crippen LogP contribution is 2.31. The van der Waals surface area contributed by atoms with Crippen LogP contribution in [0.4, 0.5) is 0 Å². The number of hydrogen-bond acceptors (Lipinski definition) is 4. The van der Waals surface area contributed by atoms with Crippen LogP contribution in [0.3, 0.4) is 0 Å². The van der Waals surface area contributed by atoms with Gasteiger partial charge in [0.05, 0.1) is 23.3 Å². The Morgan fingerprint density at radius 1 is 1.00 bits per heavy atom. The lowest BCUT2D eigenvalue weighted by molar-refractivity contribution is 0.196. The van der Waals surface area contributed by atoms with Gasteiger partial charge in [-0.2, -0.15) is 0 Å². The second-order valence-electron chi connectivity index (χ2n) is 5.88. The third-order valence-electron chi connectivity index (χ3n) is 4.35. The number of rotatable bonds is 3. The van der Waals surface area contributed by atoms with Crippen molar-refractivity contribution in [1.29, 1.82) is 0 Å². The average molecular weight is 308 g/mol. The molecule has 2 aromatic carbocycles. The second-order valence-corrected chi connectivity index (χ2v) is 5.88. The molecule has 118 valence electrons. The number of aromatic nitrogens is 2. The van der Waals surface area contributed by atoms with E-state index >= 15 is 0 Å². The molecular weight excluding hydrogens is 288 g/mol. The van der Waals surface area contributed by atoms with Gasteiger partial charge in [-0.15, -0.1) is 0 Å². The van der Waals surface area contributed by atoms with Gasteiger partial charge in [0.25, 0.3) is 0 Å². The molecular formula is C18H20N4O. The normalized spacial score (nSPS) is 16.0. The van der Waals surface area contributed by atoms with E-state index in [1.807, 2.05) is 36.4 Å². The Hall–Kier alpha value is -2.37. The monoisotopic (exact) mass is 308 g/mol. The van der Waals surface area contributed by atoms with Gasteiger partial charge in [0.1, 0.15) is 11.6 Å². The van der Waals surface area contributed by atoms with Crippen molar-refractivity contribution in [3.8, 4) is 17.1 Å². The molecule has 0 radical (unpaired) electrons. The van der Waals surface area contributed by atoms with Crippen LogP contribution in [0.1, 0.15) is 0 Å². The lowest BCUT2D eigenvalue weighted by Crippen LogP contribution is -2.44. The highest BCUT2D eigenvalue weighted by Gasteiger charge is 2.18. The van der Waals surface area contributed by atoms with E-state index in [1.165, 1.54) is 0 Å². The van der Waals surface area contributed by atoms with E-state index in [0.29, 0.717) is 0 Å². The van der Waals surface area contributed by atoms with Crippen LogP contribution in [0.2, 0.25) is 0 Å². The molecule has 0 atom stereocenters. The van der Waals surface area contributed by atoms with Crippen LogP contribution in [0, 0.1) is 0 Å². The van der Waals surface area contributed by atoms with Crippen LogP contribution < -0.4 is 5.32 Å². The first-order valence-corrected chi connectivity index (χ1v) is 7.99. The molecule has 5 heteroatoms. The number of nitrogens with zero attached hydrogens (tertiary/aromatic N) is 3. The van der Waals surface area contributed by atoms with E-state index in [9.17, 15) is 5.11 Å². The summed E-state index contributed by atoms with van der Waals surface area (Å²) in [6.07, 6.45) is 0. The van der Waals surface area contributed by atoms with Gasteiger partial charge >= 0.3 is 0 Å². The van der Waals surface area contributed by atoms with Crippen LogP contribution >= 0.6 is 0 Å². The standard InChI is InChI=1S/C18H20N4O/c23-17-8-4-1-5-14(17)18-20-15-6-2-3-7-16(15)22(18)13-21-11-9-19-10-12-21/h1-8,19,23H,9-13H2. The third kappa shape index (κ3) is 2.69. The Kier molecular flexibility index (Phi) is 3.73. The number of benzene rings is 2. The summed E-state index contributed by atoms with van der Waals surface area (Å²) in [6, 6.07) is 15.5. The van der Waals surface area contributed by atoms with E-state index < -0.39 is 0 Å². The first kappa shape index (κ1) is 14.2. The summed E-state index contributed by atoms with van der Waals surface area (Å²) < 4.78 is 2.20. The number of phenolic OH excluding ortho intramolecular Hbond substituents is 1. The maximum Gasteiger partial charge on any atom is 0.145 e. The number of imidazole rings is 1. The minimum absolute atomic E-state index is 0.268. The minimum atomic E-state index is 0.268. The number of hydrogen-bond donors (Lipinski definition) is 2. The van der Waals surface area contributed by atoms with Crippen LogP contribution in [-0.4, -0.2) is 45.7 Å². The predicted octanol–water partition coefficient (Wildman–Crippen LogP) is 2.27. The minimum Gasteiger partial charge on any atom is -0.507 e. The summed E-state index contributed by atoms with van der Waals surface area (Å²) in [6.45, 7) is 4.85. The van der Waals surface area contributed by atoms with Crippen LogP contribution in [0.25, 0.3) is 22.4 Å². The lowest BCUT2D eigenvalue weighted by atomic mass is 10.2. The van der Waals surface area contributed by atoms with Gasteiger partial charge in [-0.05, 0) is 24.3 Å². The number of nitrogens with one attached hydrogen (secondary N) is 1. The van der Waals surface area contributed by atoms with Gasteiger partial charge in [0.2, 0.25) is 0 Å². The molecule has 1 fully saturated rings. The predicted molar refractivity (Wildman–Crippen MR) is 91.3 cm³/mol. The molecule has 0 bridgehead atoms. The van der Waals surface area contributed by atoms with Crippen LogP contribution in [-0.2, 0) is 6.67 Å². The topological polar surface area (TPSA) is 53.3 Å². The highest BCUT2D eigenvalue weighted by molar-refractivity contribution is 5.81. The smallest absolute Gasteiger partial charge is 0.145 e. The summed E-state index contributed by atoms with van der Waals surface area (Å²) in [7, 11) is 0. The summed E-state index contributed by atoms with van der Waals surface area (Å²) in [5.74, 6) is 1.09. The maximum atomic E-state index is 10.2. The zero-order chi connectivity index (χ0) is 15.6. The van der Waals surface area contributed by atoms with Crippen molar-refractivity contribution in [1.82, 2.24) is 19.8 Å². The summed E-state index contributed by atoms with van der Waals surface area (Å²) >= 11 is 0. The third-order valence-corrected chi connectivity index (χ3v) is 4.35. The zero-order valence-corrected chi connectivity index (χ0v) is 12.9. The molecule has 0 unspecified atom stereocenters. The van der Waals surface area contributed by atoms with Crippen molar-refractivity contribution in [3.63, 3.8) is 0 Å². The van der Waals surface area contributed by atoms with Crippen molar-refractivity contribution in [3.05, 3.63) is 48.5 Å². The van der Waals surface area contributed by atoms with Crippen molar-refractivity contribution in [2.45, 2.75) is 6.67 Å². The molecule has 0 amide bonds. The lowest BCUT2D eigenvalue weighted by Gasteiger charge is -2.28. The fourth-order valence-corrected chi connectivity index (χ4v) is 3.14. The number of piperazine rings is 1. The molecule has 0 saturated carbocycles. The zero-order valence-electron chi connectivity index (χ0n) is 12.9. The second kappa shape index (κ2) is 6.02. The number of para-hydroxylation sites is 3. The van der Waals surface area contributed by atoms with E-state index in [-0.39, 0.29) is 5.75 Å². The summed E-state index contributed by atoms with van der Waals surface area (Å²) in [5, 5.41) is 13.6. The molecule has 1 aliphatic heterocycles. The summed E-state index contributed by atoms with van der Waals surface area (Å²) in [4.78, 5) is 7.18. The van der Waals surface area contributed by atoms with Gasteiger partial charge in [-0.1, -0.05) is 24.3 Å². The number of phenols is 1. The Morgan fingerprint density at radius 2 is 1.74 bits per heavy atom. The molecule has 23 heavy (non-hydrogen) atoms. The highest BCUT2D eigenvalue weighted by atomic mass is 16.3. The van der Waals surface area contributed by atoms with E-state index in [0.717, 1.165) is 55.3 Å². The van der Waals surface area contributed by atoms with Crippen LogP contribution in [0.15, 0.2) is 48.5 Å². The van der Waals surface area contributed by atoms with Gasteiger partial charge in [-0.25, -0.2) is 4.98 Å². The fourth-order valence-electron chi connectivity index (χ4n) is 3.14. The van der Waals surface area contributed by atoms with Crippen molar-refractivity contribution >= 4 is 11.0 Å². The number of aromatic hydroxyl groups is 1. The van der Waals surface area contributed by atoms with Gasteiger partial charge < -0.3 is 15.0 Å². The Labute approximate surface area is 135 Å². The molecule has 0 aliphatic carbocycles. The Balaban J connectivity index is 1.83. The van der Waals surface area contributed by atoms with Crippen LogP contribution in [0.5, 0.6) is 5.75 Å². The molecule has 1 aliphatic rings. The van der Waals surface area contributed by atoms with Crippen molar-refractivity contribution in [2.24, 2.45) is 0 Å². The maximum absolute atomic E-state index is 10.2. The molecule has 5 nitrogen and oxygen atoms in total. The first-order chi connectivity index (χ1) is 11.3. The average Bonchev–Trinajstić information content (AvgIpc) is 2.95. The van der Waals surface area contributed by atoms with Gasteiger partial charge in [-0.3, -0.25) is 4.90 Å². The molecule has 2 N–H and O–H groups in total. The Morgan fingerprint density at radius 3 is 2.57 bits per heavy atom. The van der Waals surface area contributed by atoms with Crippen molar-refractivity contribution < 1.29 is 5.11 Å². The molecule has 1 aromatic heterocycles. The number of fused-ring (bicyclic) bond motifs is 1. The van der Waals surface area contributed by atoms with E-state index in [2.05, 4.69) is 20.9 Å². The molecule has 3 aromatic rings.